The molecule has 14 heavy (non-hydrogen) atoms. The molecular weight excluding hydrogens is 230 g/mol. The van der Waals surface area contributed by atoms with Crippen LogP contribution in [0.1, 0.15) is 0 Å². The third kappa shape index (κ3) is 2.54. The molecule has 0 saturated heterocycles. The number of rotatable bonds is 3. The summed E-state index contributed by atoms with van der Waals surface area (Å²) < 4.78 is 0.433. The van der Waals surface area contributed by atoms with Gasteiger partial charge in [0.25, 0.3) is 0 Å². The maximum absolute atomic E-state index is 10.9. The van der Waals surface area contributed by atoms with Gasteiger partial charge in [-0.1, -0.05) is 11.6 Å². The first-order valence-corrected chi connectivity index (χ1v) is 4.59. The van der Waals surface area contributed by atoms with Crippen LogP contribution in [0.5, 0.6) is 0 Å². The Balaban J connectivity index is 2.66. The van der Waals surface area contributed by atoms with E-state index in [1.807, 2.05) is 0 Å². The second kappa shape index (κ2) is 4.21. The summed E-state index contributed by atoms with van der Waals surface area (Å²) >= 11 is 6.71. The quantitative estimate of drug-likeness (QED) is 0.603. The predicted octanol–water partition coefficient (Wildman–Crippen LogP) is 0.994. The van der Waals surface area contributed by atoms with E-state index in [-0.39, 0.29) is 0 Å². The van der Waals surface area contributed by atoms with E-state index in [9.17, 15) is 14.4 Å². The van der Waals surface area contributed by atoms with E-state index in [1.54, 1.807) is 0 Å². The topological polar surface area (TPSA) is 83.5 Å². The van der Waals surface area contributed by atoms with Crippen molar-refractivity contribution in [3.05, 3.63) is 15.8 Å². The highest BCUT2D eigenvalue weighted by atomic mass is 35.5. The first-order valence-electron chi connectivity index (χ1n) is 3.33. The third-order valence-electron chi connectivity index (χ3n) is 1.23. The maximum atomic E-state index is 10.9. The molecule has 0 radical (unpaired) electrons. The fourth-order valence-electron chi connectivity index (χ4n) is 0.661. The van der Waals surface area contributed by atoms with Crippen LogP contribution in [-0.4, -0.2) is 22.8 Å². The van der Waals surface area contributed by atoms with Gasteiger partial charge >= 0.3 is 17.7 Å². The van der Waals surface area contributed by atoms with E-state index < -0.39 is 17.7 Å². The maximum Gasteiger partial charge on any atom is 0.382 e. The van der Waals surface area contributed by atoms with Crippen molar-refractivity contribution in [2.75, 3.05) is 5.32 Å². The Bertz CT molecular complexity index is 400. The van der Waals surface area contributed by atoms with E-state index in [1.165, 1.54) is 11.4 Å². The van der Waals surface area contributed by atoms with Crippen molar-refractivity contribution in [3.8, 4) is 0 Å². The van der Waals surface area contributed by atoms with Crippen molar-refractivity contribution in [2.24, 2.45) is 0 Å². The number of carbonyl (C=O) groups is 3. The van der Waals surface area contributed by atoms with Crippen molar-refractivity contribution in [2.45, 2.75) is 0 Å². The first kappa shape index (κ1) is 10.7. The number of aliphatic carboxylic acids is 1. The minimum Gasteiger partial charge on any atom is -0.475 e. The monoisotopic (exact) mass is 233 g/mol. The van der Waals surface area contributed by atoms with E-state index in [4.69, 9.17) is 16.7 Å². The summed E-state index contributed by atoms with van der Waals surface area (Å²) in [4.78, 5) is 31.6. The molecule has 0 saturated carbocycles. The van der Waals surface area contributed by atoms with Crippen LogP contribution in [0.25, 0.3) is 0 Å². The molecule has 1 heterocycles. The van der Waals surface area contributed by atoms with Crippen LogP contribution in [0, 0.1) is 0 Å². The summed E-state index contributed by atoms with van der Waals surface area (Å²) in [5, 5.41) is 11.8. The summed E-state index contributed by atoms with van der Waals surface area (Å²) in [5.41, 5.74) is 0.305. The number of hydrogen-bond donors (Lipinski definition) is 2. The van der Waals surface area contributed by atoms with Gasteiger partial charge in [-0.25, -0.2) is 4.79 Å². The summed E-state index contributed by atoms with van der Waals surface area (Å²) in [5.74, 6) is -4.48. The molecular formula is C7H4ClNO4S. The van der Waals surface area contributed by atoms with Gasteiger partial charge in [0, 0.05) is 5.38 Å². The Kier molecular flexibility index (Phi) is 3.21. The molecule has 0 bridgehead atoms. The summed E-state index contributed by atoms with van der Waals surface area (Å²) in [6, 6.07) is 1.42. The molecule has 0 aliphatic heterocycles. The molecule has 74 valence electrons. The van der Waals surface area contributed by atoms with Crippen LogP contribution in [-0.2, 0) is 14.4 Å². The summed E-state index contributed by atoms with van der Waals surface area (Å²) in [7, 11) is 0. The molecule has 5 nitrogen and oxygen atoms in total. The van der Waals surface area contributed by atoms with Crippen molar-refractivity contribution in [1.29, 1.82) is 0 Å². The molecule has 2 N–H and O–H groups in total. The Labute approximate surface area is 87.3 Å². The second-order valence-corrected chi connectivity index (χ2v) is 3.77. The van der Waals surface area contributed by atoms with E-state index in [0.29, 0.717) is 10.0 Å². The molecule has 1 aromatic heterocycles. The molecule has 0 fully saturated rings. The number of hydrogen-bond acceptors (Lipinski definition) is 4. The largest absolute Gasteiger partial charge is 0.475 e. The molecule has 0 aliphatic rings. The molecule has 1 amide bonds. The number of nitrogens with one attached hydrogen (secondary N) is 1. The zero-order chi connectivity index (χ0) is 10.7. The first-order chi connectivity index (χ1) is 6.50. The van der Waals surface area contributed by atoms with Gasteiger partial charge < -0.3 is 10.4 Å². The molecule has 1 rings (SSSR count). The van der Waals surface area contributed by atoms with Gasteiger partial charge in [-0.3, -0.25) is 9.59 Å². The van der Waals surface area contributed by atoms with Gasteiger partial charge in [-0.05, 0) is 6.07 Å². The Hall–Kier alpha value is -1.40. The lowest BCUT2D eigenvalue weighted by Crippen LogP contribution is -2.29. The third-order valence-corrected chi connectivity index (χ3v) is 2.32. The van der Waals surface area contributed by atoms with Crippen LogP contribution in [0.15, 0.2) is 11.4 Å². The predicted molar refractivity (Wildman–Crippen MR) is 50.6 cm³/mol. The van der Waals surface area contributed by atoms with Crippen LogP contribution in [0.2, 0.25) is 4.34 Å². The minimum absolute atomic E-state index is 0.305. The average Bonchev–Trinajstić information content (AvgIpc) is 2.49. The normalized spacial score (nSPS) is 9.50. The molecule has 1 aromatic rings. The Morgan fingerprint density at radius 2 is 2.07 bits per heavy atom. The molecule has 0 atom stereocenters. The number of thiophene rings is 1. The van der Waals surface area contributed by atoms with Crippen LogP contribution < -0.4 is 5.32 Å². The van der Waals surface area contributed by atoms with E-state index in [0.717, 1.165) is 11.3 Å². The number of anilines is 1. The lowest BCUT2D eigenvalue weighted by Gasteiger charge is -1.97. The van der Waals surface area contributed by atoms with Crippen molar-refractivity contribution in [1.82, 2.24) is 0 Å². The number of amides is 1. The van der Waals surface area contributed by atoms with Gasteiger partial charge in [-0.2, -0.15) is 0 Å². The highest BCUT2D eigenvalue weighted by Gasteiger charge is 2.21. The number of ketones is 1. The van der Waals surface area contributed by atoms with Crippen molar-refractivity contribution >= 4 is 46.3 Å². The summed E-state index contributed by atoms with van der Waals surface area (Å²) in [6.45, 7) is 0. The molecule has 0 unspecified atom stereocenters. The number of carbonyl (C=O) groups excluding carboxylic acids is 2. The smallest absolute Gasteiger partial charge is 0.382 e. The fourth-order valence-corrected chi connectivity index (χ4v) is 1.47. The minimum atomic E-state index is -1.79. The van der Waals surface area contributed by atoms with Gasteiger partial charge in [0.1, 0.15) is 0 Å². The van der Waals surface area contributed by atoms with Crippen LogP contribution in [0.4, 0.5) is 5.69 Å². The molecule has 7 heteroatoms. The van der Waals surface area contributed by atoms with Gasteiger partial charge in [0.2, 0.25) is 0 Å². The van der Waals surface area contributed by atoms with E-state index >= 15 is 0 Å². The van der Waals surface area contributed by atoms with Gasteiger partial charge in [0.05, 0.1) is 10.0 Å². The lowest BCUT2D eigenvalue weighted by molar-refractivity contribution is -0.152. The SMILES string of the molecule is O=C(O)C(=O)C(=O)Nc1csc(Cl)c1. The van der Waals surface area contributed by atoms with Gasteiger partial charge in [0.15, 0.2) is 0 Å². The van der Waals surface area contributed by atoms with E-state index in [2.05, 4.69) is 5.32 Å². The van der Waals surface area contributed by atoms with Gasteiger partial charge in [-0.15, -0.1) is 11.3 Å². The molecule has 0 aromatic carbocycles. The average molecular weight is 234 g/mol. The lowest BCUT2D eigenvalue weighted by atomic mass is 10.3. The van der Waals surface area contributed by atoms with Crippen LogP contribution >= 0.6 is 22.9 Å². The fraction of sp³-hybridized carbons (Fsp3) is 0. The Morgan fingerprint density at radius 1 is 1.43 bits per heavy atom. The zero-order valence-corrected chi connectivity index (χ0v) is 8.19. The highest BCUT2D eigenvalue weighted by molar-refractivity contribution is 7.14. The highest BCUT2D eigenvalue weighted by Crippen LogP contribution is 2.23. The Morgan fingerprint density at radius 3 is 2.50 bits per heavy atom. The standard InChI is InChI=1S/C7H4ClNO4S/c8-4-1-3(2-14-4)9-6(11)5(10)7(12)13/h1-2H,(H,9,11)(H,12,13). The number of carboxylic acids is 1. The van der Waals surface area contributed by atoms with Crippen molar-refractivity contribution in [3.63, 3.8) is 0 Å². The second-order valence-electron chi connectivity index (χ2n) is 2.23. The van der Waals surface area contributed by atoms with Crippen LogP contribution in [0.3, 0.4) is 0 Å². The summed E-state index contributed by atoms with van der Waals surface area (Å²) in [6.07, 6.45) is 0. The molecule has 0 spiro atoms. The molecule has 0 aliphatic carbocycles. The number of halogens is 1. The zero-order valence-electron chi connectivity index (χ0n) is 6.61. The number of Topliss-reactive ketones (excluding diaryl/α,β-unsaturated/α-hetero) is 1. The van der Waals surface area contributed by atoms with Crippen molar-refractivity contribution < 1.29 is 19.5 Å². The number of carboxylic acid groups (broad SMARTS) is 1.